The lowest BCUT2D eigenvalue weighted by Crippen LogP contribution is -2.46. The second-order valence-corrected chi connectivity index (χ2v) is 4.53. The van der Waals surface area contributed by atoms with E-state index in [2.05, 4.69) is 5.32 Å². The molecule has 0 aromatic heterocycles. The van der Waals surface area contributed by atoms with Gasteiger partial charge in [0.2, 0.25) is 5.91 Å². The Morgan fingerprint density at radius 2 is 2.11 bits per heavy atom. The second kappa shape index (κ2) is 6.94. The van der Waals surface area contributed by atoms with Crippen molar-refractivity contribution in [1.29, 1.82) is 0 Å². The van der Waals surface area contributed by atoms with Gasteiger partial charge >= 0.3 is 6.18 Å². The zero-order valence-electron chi connectivity index (χ0n) is 10.3. The molecule has 1 unspecified atom stereocenters. The molecule has 0 bridgehead atoms. The summed E-state index contributed by atoms with van der Waals surface area (Å²) in [5.41, 5.74) is 0. The third-order valence-corrected chi connectivity index (χ3v) is 2.60. The Bertz CT molecular complexity index is 268. The average molecular weight is 268 g/mol. The normalized spacial score (nSPS) is 17.6. The molecular weight excluding hydrogens is 249 g/mol. The lowest BCUT2D eigenvalue weighted by molar-refractivity contribution is -0.139. The van der Waals surface area contributed by atoms with Gasteiger partial charge in [-0.3, -0.25) is 4.79 Å². The number of amides is 1. The number of nitrogens with one attached hydrogen (secondary N) is 2. The molecule has 2 N–H and O–H groups in total. The molecule has 1 atom stereocenters. The summed E-state index contributed by atoms with van der Waals surface area (Å²) >= 11 is 0. The fraction of sp³-hybridized carbons (Fsp3) is 0.909. The van der Waals surface area contributed by atoms with Crippen LogP contribution in [0.25, 0.3) is 0 Å². The number of carbonyl (C=O) groups excluding carboxylic acids is 1. The zero-order chi connectivity index (χ0) is 13.6. The maximum absolute atomic E-state index is 11.9. The second-order valence-electron chi connectivity index (χ2n) is 4.53. The lowest BCUT2D eigenvalue weighted by Gasteiger charge is -2.15. The van der Waals surface area contributed by atoms with E-state index in [0.29, 0.717) is 19.1 Å². The van der Waals surface area contributed by atoms with Crippen molar-refractivity contribution in [3.05, 3.63) is 0 Å². The van der Waals surface area contributed by atoms with Crippen molar-refractivity contribution >= 4 is 5.91 Å². The monoisotopic (exact) mass is 268 g/mol. The Hall–Kier alpha value is -0.820. The van der Waals surface area contributed by atoms with E-state index < -0.39 is 24.7 Å². The highest BCUT2D eigenvalue weighted by molar-refractivity contribution is 5.81. The molecule has 0 saturated heterocycles. The predicted molar refractivity (Wildman–Crippen MR) is 60.1 cm³/mol. The molecular formula is C11H19F3N2O2. The molecule has 1 aliphatic carbocycles. The first-order valence-electron chi connectivity index (χ1n) is 6.04. The van der Waals surface area contributed by atoms with E-state index in [4.69, 9.17) is 4.74 Å². The van der Waals surface area contributed by atoms with Gasteiger partial charge in [-0.05, 0) is 25.7 Å². The van der Waals surface area contributed by atoms with Crippen LogP contribution in [0.15, 0.2) is 0 Å². The van der Waals surface area contributed by atoms with Crippen LogP contribution in [-0.2, 0) is 9.53 Å². The van der Waals surface area contributed by atoms with Crippen molar-refractivity contribution in [2.24, 2.45) is 5.92 Å². The van der Waals surface area contributed by atoms with Gasteiger partial charge in [0.15, 0.2) is 0 Å². The molecule has 1 saturated carbocycles. The smallest absolute Gasteiger partial charge is 0.380 e. The standard InChI is InChI=1S/C11H19F3N2O2/c1-8(10(17)16-7-11(12,13)14)15-4-5-18-6-9-2-3-9/h8-9,15H,2-7H2,1H3,(H,16,17). The summed E-state index contributed by atoms with van der Waals surface area (Å²) < 4.78 is 40.9. The summed E-state index contributed by atoms with van der Waals surface area (Å²) in [5.74, 6) is 0.0204. The summed E-state index contributed by atoms with van der Waals surface area (Å²) in [6.07, 6.45) is -1.95. The molecule has 1 rings (SSSR count). The Balaban J connectivity index is 1.99. The number of hydrogen-bond acceptors (Lipinski definition) is 3. The molecule has 0 aliphatic heterocycles. The van der Waals surface area contributed by atoms with Crippen LogP contribution >= 0.6 is 0 Å². The molecule has 1 fully saturated rings. The molecule has 4 nitrogen and oxygen atoms in total. The number of halogens is 3. The van der Waals surface area contributed by atoms with Gasteiger partial charge in [-0.25, -0.2) is 0 Å². The summed E-state index contributed by atoms with van der Waals surface area (Å²) in [6.45, 7) is 1.87. The predicted octanol–water partition coefficient (Wildman–Crippen LogP) is 1.07. The van der Waals surface area contributed by atoms with Crippen LogP contribution < -0.4 is 10.6 Å². The minimum Gasteiger partial charge on any atom is -0.380 e. The van der Waals surface area contributed by atoms with Gasteiger partial charge in [0, 0.05) is 13.2 Å². The maximum atomic E-state index is 11.9. The molecule has 1 aliphatic rings. The number of ether oxygens (including phenoxy) is 1. The quantitative estimate of drug-likeness (QED) is 0.647. The molecule has 7 heteroatoms. The van der Waals surface area contributed by atoms with Gasteiger partial charge in [0.1, 0.15) is 6.54 Å². The fourth-order valence-corrected chi connectivity index (χ4v) is 1.32. The zero-order valence-corrected chi connectivity index (χ0v) is 10.3. The van der Waals surface area contributed by atoms with E-state index >= 15 is 0 Å². The van der Waals surface area contributed by atoms with Crippen LogP contribution in [0, 0.1) is 5.92 Å². The molecule has 106 valence electrons. The third kappa shape index (κ3) is 7.50. The minimum atomic E-state index is -4.37. The lowest BCUT2D eigenvalue weighted by atomic mass is 10.3. The van der Waals surface area contributed by atoms with E-state index in [1.807, 2.05) is 5.32 Å². The number of hydrogen-bond donors (Lipinski definition) is 2. The highest BCUT2D eigenvalue weighted by Gasteiger charge is 2.28. The Morgan fingerprint density at radius 3 is 2.67 bits per heavy atom. The summed E-state index contributed by atoms with van der Waals surface area (Å²) in [6, 6.07) is -0.656. The van der Waals surface area contributed by atoms with Crippen LogP contribution in [-0.4, -0.2) is 44.4 Å². The van der Waals surface area contributed by atoms with Gasteiger partial charge in [-0.2, -0.15) is 13.2 Å². The van der Waals surface area contributed by atoms with Crippen LogP contribution in [0.3, 0.4) is 0 Å². The number of rotatable bonds is 8. The first-order chi connectivity index (χ1) is 8.38. The van der Waals surface area contributed by atoms with Crippen molar-refractivity contribution in [3.8, 4) is 0 Å². The Morgan fingerprint density at radius 1 is 1.44 bits per heavy atom. The van der Waals surface area contributed by atoms with Crippen LogP contribution in [0.2, 0.25) is 0 Å². The maximum Gasteiger partial charge on any atom is 0.405 e. The van der Waals surface area contributed by atoms with E-state index in [9.17, 15) is 18.0 Å². The summed E-state index contributed by atoms with van der Waals surface area (Å²) in [5, 5.41) is 4.63. The molecule has 1 amide bonds. The Labute approximate surface area is 104 Å². The largest absolute Gasteiger partial charge is 0.405 e. The van der Waals surface area contributed by atoms with Crippen LogP contribution in [0.1, 0.15) is 19.8 Å². The first-order valence-corrected chi connectivity index (χ1v) is 6.04. The van der Waals surface area contributed by atoms with Crippen molar-refractivity contribution in [2.75, 3.05) is 26.3 Å². The van der Waals surface area contributed by atoms with Gasteiger partial charge in [-0.1, -0.05) is 0 Å². The molecule has 0 spiro atoms. The highest BCUT2D eigenvalue weighted by Crippen LogP contribution is 2.28. The highest BCUT2D eigenvalue weighted by atomic mass is 19.4. The van der Waals surface area contributed by atoms with Crippen LogP contribution in [0.4, 0.5) is 13.2 Å². The van der Waals surface area contributed by atoms with E-state index in [1.165, 1.54) is 19.8 Å². The molecule has 0 aromatic rings. The Kier molecular flexibility index (Phi) is 5.87. The van der Waals surface area contributed by atoms with Gasteiger partial charge < -0.3 is 15.4 Å². The first kappa shape index (κ1) is 15.2. The molecule has 0 radical (unpaired) electrons. The summed E-state index contributed by atoms with van der Waals surface area (Å²) in [7, 11) is 0. The van der Waals surface area contributed by atoms with Gasteiger partial charge in [-0.15, -0.1) is 0 Å². The number of carbonyl (C=O) groups is 1. The average Bonchev–Trinajstić information content (AvgIpc) is 3.08. The van der Waals surface area contributed by atoms with E-state index in [-0.39, 0.29) is 0 Å². The molecule has 18 heavy (non-hydrogen) atoms. The van der Waals surface area contributed by atoms with E-state index in [1.54, 1.807) is 0 Å². The van der Waals surface area contributed by atoms with Crippen molar-refractivity contribution in [3.63, 3.8) is 0 Å². The minimum absolute atomic E-state index is 0.452. The fourth-order valence-electron chi connectivity index (χ4n) is 1.32. The van der Waals surface area contributed by atoms with Crippen molar-refractivity contribution in [1.82, 2.24) is 10.6 Å². The molecule has 0 heterocycles. The third-order valence-electron chi connectivity index (χ3n) is 2.60. The SMILES string of the molecule is CC(NCCOCC1CC1)C(=O)NCC(F)(F)F. The summed E-state index contributed by atoms with van der Waals surface area (Å²) in [4.78, 5) is 11.3. The number of alkyl halides is 3. The van der Waals surface area contributed by atoms with Crippen molar-refractivity contribution < 1.29 is 22.7 Å². The van der Waals surface area contributed by atoms with Crippen LogP contribution in [0.5, 0.6) is 0 Å². The molecule has 0 aromatic carbocycles. The van der Waals surface area contributed by atoms with E-state index in [0.717, 1.165) is 6.61 Å². The van der Waals surface area contributed by atoms with Gasteiger partial charge in [0.05, 0.1) is 12.6 Å². The van der Waals surface area contributed by atoms with Crippen molar-refractivity contribution in [2.45, 2.75) is 32.0 Å². The van der Waals surface area contributed by atoms with Gasteiger partial charge in [0.25, 0.3) is 0 Å². The topological polar surface area (TPSA) is 50.4 Å².